The van der Waals surface area contributed by atoms with Crippen LogP contribution in [-0.4, -0.2) is 43.3 Å². The van der Waals surface area contributed by atoms with E-state index in [0.29, 0.717) is 19.1 Å². The molecule has 2 unspecified atom stereocenters. The molecule has 1 heterocycles. The van der Waals surface area contributed by atoms with Gasteiger partial charge in [0.2, 0.25) is 0 Å². The van der Waals surface area contributed by atoms with Gasteiger partial charge in [0.1, 0.15) is 0 Å². The summed E-state index contributed by atoms with van der Waals surface area (Å²) in [4.78, 5) is 13.7. The van der Waals surface area contributed by atoms with Crippen molar-refractivity contribution in [2.24, 2.45) is 11.3 Å². The molecular formula is C15H27N3O2. The third kappa shape index (κ3) is 6.25. The third-order valence-electron chi connectivity index (χ3n) is 3.41. The topological polar surface area (TPSA) is 65.4 Å². The second-order valence-corrected chi connectivity index (χ2v) is 6.78. The molecule has 0 aromatic heterocycles. The highest BCUT2D eigenvalue weighted by atomic mass is 16.5. The number of nitriles is 1. The van der Waals surface area contributed by atoms with Crippen LogP contribution in [0.5, 0.6) is 0 Å². The Bertz CT molecular complexity index is 357. The molecule has 2 atom stereocenters. The van der Waals surface area contributed by atoms with Crippen molar-refractivity contribution in [3.05, 3.63) is 0 Å². The van der Waals surface area contributed by atoms with Crippen LogP contribution in [0.15, 0.2) is 0 Å². The normalized spacial score (nSPS) is 23.9. The van der Waals surface area contributed by atoms with Gasteiger partial charge in [-0.25, -0.2) is 4.79 Å². The lowest BCUT2D eigenvalue weighted by Crippen LogP contribution is -2.51. The van der Waals surface area contributed by atoms with Crippen LogP contribution >= 0.6 is 0 Å². The van der Waals surface area contributed by atoms with E-state index in [2.05, 4.69) is 37.1 Å². The third-order valence-corrected chi connectivity index (χ3v) is 3.41. The first-order valence-corrected chi connectivity index (χ1v) is 7.36. The maximum absolute atomic E-state index is 11.6. The number of alkyl carbamates (subject to hydrolysis) is 1. The second kappa shape index (κ2) is 7.49. The number of nitrogens with one attached hydrogen (secondary N) is 1. The molecule has 5 nitrogen and oxygen atoms in total. The number of amides is 1. The van der Waals surface area contributed by atoms with Crippen LogP contribution in [-0.2, 0) is 4.74 Å². The van der Waals surface area contributed by atoms with E-state index in [1.165, 1.54) is 0 Å². The standard InChI is InChI=1S/C15H27N3O2/c1-5-20-14(19)17-13-8-12(9-15(2,3)4)10-18(11-13)7-6-16/h12-13H,5,7-11H2,1-4H3,(H,17,19). The molecule has 1 aliphatic heterocycles. The van der Waals surface area contributed by atoms with Crippen LogP contribution in [0.2, 0.25) is 0 Å². The zero-order chi connectivity index (χ0) is 15.2. The Morgan fingerprint density at radius 2 is 2.15 bits per heavy atom. The number of carbonyl (C=O) groups is 1. The van der Waals surface area contributed by atoms with E-state index in [0.717, 1.165) is 25.9 Å². The molecule has 114 valence electrons. The predicted molar refractivity (Wildman–Crippen MR) is 78.2 cm³/mol. The minimum atomic E-state index is -0.356. The summed E-state index contributed by atoms with van der Waals surface area (Å²) in [6.07, 6.45) is 1.69. The molecule has 5 heteroatoms. The van der Waals surface area contributed by atoms with Crippen molar-refractivity contribution < 1.29 is 9.53 Å². The van der Waals surface area contributed by atoms with Crippen LogP contribution in [0.25, 0.3) is 0 Å². The average Bonchev–Trinajstić information content (AvgIpc) is 2.26. The highest BCUT2D eigenvalue weighted by Crippen LogP contribution is 2.30. The maximum atomic E-state index is 11.6. The number of carbonyl (C=O) groups excluding carboxylic acids is 1. The van der Waals surface area contributed by atoms with E-state index in [1.54, 1.807) is 6.92 Å². The SMILES string of the molecule is CCOC(=O)NC1CC(CC(C)(C)C)CN(CC#N)C1. The van der Waals surface area contributed by atoms with Crippen molar-refractivity contribution >= 4 is 6.09 Å². The van der Waals surface area contributed by atoms with E-state index in [9.17, 15) is 4.79 Å². The Hall–Kier alpha value is -1.28. The van der Waals surface area contributed by atoms with E-state index < -0.39 is 0 Å². The first-order chi connectivity index (χ1) is 9.34. The molecule has 1 saturated heterocycles. The van der Waals surface area contributed by atoms with Crippen molar-refractivity contribution in [1.29, 1.82) is 5.26 Å². The van der Waals surface area contributed by atoms with Crippen molar-refractivity contribution in [1.82, 2.24) is 10.2 Å². The molecule has 1 fully saturated rings. The van der Waals surface area contributed by atoms with Crippen LogP contribution in [0.1, 0.15) is 40.5 Å². The molecule has 0 aromatic rings. The minimum absolute atomic E-state index is 0.0727. The molecule has 20 heavy (non-hydrogen) atoms. The largest absolute Gasteiger partial charge is 0.450 e. The molecule has 0 radical (unpaired) electrons. The van der Waals surface area contributed by atoms with E-state index in [1.807, 2.05) is 0 Å². The van der Waals surface area contributed by atoms with Gasteiger partial charge in [-0.3, -0.25) is 4.90 Å². The van der Waals surface area contributed by atoms with Crippen molar-refractivity contribution in [3.63, 3.8) is 0 Å². The summed E-state index contributed by atoms with van der Waals surface area (Å²) in [6, 6.07) is 2.27. The first-order valence-electron chi connectivity index (χ1n) is 7.36. The van der Waals surface area contributed by atoms with Crippen LogP contribution in [0, 0.1) is 22.7 Å². The Balaban J connectivity index is 2.61. The van der Waals surface area contributed by atoms with Crippen molar-refractivity contribution in [3.8, 4) is 6.07 Å². The zero-order valence-electron chi connectivity index (χ0n) is 13.1. The summed E-state index contributed by atoms with van der Waals surface area (Å²) in [6.45, 7) is 10.9. The first kappa shape index (κ1) is 16.8. The molecule has 0 saturated carbocycles. The molecule has 1 aliphatic rings. The van der Waals surface area contributed by atoms with Gasteiger partial charge < -0.3 is 10.1 Å². The Morgan fingerprint density at radius 1 is 1.45 bits per heavy atom. The van der Waals surface area contributed by atoms with Gasteiger partial charge in [0.15, 0.2) is 0 Å². The summed E-state index contributed by atoms with van der Waals surface area (Å²) < 4.78 is 4.94. The average molecular weight is 281 g/mol. The molecular weight excluding hydrogens is 254 g/mol. The summed E-state index contributed by atoms with van der Waals surface area (Å²) in [5.41, 5.74) is 0.259. The van der Waals surface area contributed by atoms with Crippen molar-refractivity contribution in [2.45, 2.75) is 46.6 Å². The smallest absolute Gasteiger partial charge is 0.407 e. The van der Waals surface area contributed by atoms with Gasteiger partial charge >= 0.3 is 6.09 Å². The number of ether oxygens (including phenoxy) is 1. The van der Waals surface area contributed by atoms with Crippen LogP contribution in [0.3, 0.4) is 0 Å². The lowest BCUT2D eigenvalue weighted by atomic mass is 9.80. The fraction of sp³-hybridized carbons (Fsp3) is 0.867. The van der Waals surface area contributed by atoms with E-state index >= 15 is 0 Å². The lowest BCUT2D eigenvalue weighted by molar-refractivity contribution is 0.109. The number of nitrogens with zero attached hydrogens (tertiary/aromatic N) is 2. The van der Waals surface area contributed by atoms with Gasteiger partial charge in [-0.05, 0) is 31.1 Å². The molecule has 1 rings (SSSR count). The number of piperidine rings is 1. The monoisotopic (exact) mass is 281 g/mol. The Morgan fingerprint density at radius 3 is 2.70 bits per heavy atom. The molecule has 0 spiro atoms. The second-order valence-electron chi connectivity index (χ2n) is 6.78. The highest BCUT2D eigenvalue weighted by molar-refractivity contribution is 5.67. The summed E-state index contributed by atoms with van der Waals surface area (Å²) in [7, 11) is 0. The van der Waals surface area contributed by atoms with Crippen molar-refractivity contribution in [2.75, 3.05) is 26.2 Å². The Labute approximate surface area is 122 Å². The zero-order valence-corrected chi connectivity index (χ0v) is 13.1. The molecule has 0 aromatic carbocycles. The Kier molecular flexibility index (Phi) is 6.28. The number of likely N-dealkylation sites (tertiary alicyclic amines) is 1. The molecule has 1 amide bonds. The summed E-state index contributed by atoms with van der Waals surface area (Å²) in [5.74, 6) is 0.504. The van der Waals surface area contributed by atoms with Gasteiger partial charge in [0, 0.05) is 19.1 Å². The summed E-state index contributed by atoms with van der Waals surface area (Å²) in [5, 5.41) is 11.8. The van der Waals surface area contributed by atoms with E-state index in [-0.39, 0.29) is 17.6 Å². The predicted octanol–water partition coefficient (Wildman–Crippen LogP) is 2.38. The molecule has 1 N–H and O–H groups in total. The van der Waals surface area contributed by atoms with Gasteiger partial charge in [0.25, 0.3) is 0 Å². The van der Waals surface area contributed by atoms with Gasteiger partial charge in [-0.2, -0.15) is 5.26 Å². The van der Waals surface area contributed by atoms with Gasteiger partial charge in [-0.1, -0.05) is 20.8 Å². The number of hydrogen-bond acceptors (Lipinski definition) is 4. The fourth-order valence-corrected chi connectivity index (χ4v) is 2.99. The van der Waals surface area contributed by atoms with E-state index in [4.69, 9.17) is 10.00 Å². The summed E-state index contributed by atoms with van der Waals surface area (Å²) >= 11 is 0. The minimum Gasteiger partial charge on any atom is -0.450 e. The molecule has 0 aliphatic carbocycles. The fourth-order valence-electron chi connectivity index (χ4n) is 2.99. The highest BCUT2D eigenvalue weighted by Gasteiger charge is 2.30. The van der Waals surface area contributed by atoms with Gasteiger partial charge in [0.05, 0.1) is 19.2 Å². The maximum Gasteiger partial charge on any atom is 0.407 e. The quantitative estimate of drug-likeness (QED) is 0.804. The van der Waals surface area contributed by atoms with Crippen LogP contribution in [0.4, 0.5) is 4.79 Å². The lowest BCUT2D eigenvalue weighted by Gasteiger charge is -2.39. The molecule has 0 bridgehead atoms. The van der Waals surface area contributed by atoms with Gasteiger partial charge in [-0.15, -0.1) is 0 Å². The number of rotatable bonds is 4. The van der Waals surface area contributed by atoms with Crippen LogP contribution < -0.4 is 5.32 Å². The number of hydrogen-bond donors (Lipinski definition) is 1.